The summed E-state index contributed by atoms with van der Waals surface area (Å²) >= 11 is 0. The van der Waals surface area contributed by atoms with Gasteiger partial charge in [-0.2, -0.15) is 0 Å². The summed E-state index contributed by atoms with van der Waals surface area (Å²) in [5, 5.41) is 0. The Hall–Kier alpha value is -3.40. The lowest BCUT2D eigenvalue weighted by molar-refractivity contribution is 0.799. The molecule has 138 valence electrons. The van der Waals surface area contributed by atoms with Gasteiger partial charge >= 0.3 is 0 Å². The molecule has 0 fully saturated rings. The van der Waals surface area contributed by atoms with Crippen LogP contribution >= 0.6 is 0 Å². The van der Waals surface area contributed by atoms with E-state index in [0.717, 1.165) is 33.7 Å². The third kappa shape index (κ3) is 2.87. The van der Waals surface area contributed by atoms with E-state index in [1.807, 2.05) is 6.92 Å². The number of benzene rings is 3. The minimum absolute atomic E-state index is 0.394. The fraction of sp³-hybridized carbons (Fsp3) is 0.167. The molecule has 0 aliphatic carbocycles. The van der Waals surface area contributed by atoms with Crippen LogP contribution in [0.1, 0.15) is 31.4 Å². The molecule has 5 aromatic rings. The molecule has 0 radical (unpaired) electrons. The Morgan fingerprint density at radius 3 is 1.71 bits per heavy atom. The summed E-state index contributed by atoms with van der Waals surface area (Å²) in [7, 11) is 0. The standard InChI is InChI=1S/C24H22N4/c1-14(2)24-27-21-11-9-19(13-23(21)28-24)17-6-4-16(5-7-17)18-8-10-20-22(12-18)26-15(3)25-20/h4-14H,1-3H3,(H,25,26)(H,27,28). The molecule has 5 rings (SSSR count). The largest absolute Gasteiger partial charge is 0.342 e. The van der Waals surface area contributed by atoms with Crippen molar-refractivity contribution in [3.63, 3.8) is 0 Å². The molecule has 0 saturated carbocycles. The van der Waals surface area contributed by atoms with Crippen LogP contribution in [0.2, 0.25) is 0 Å². The fourth-order valence-electron chi connectivity index (χ4n) is 3.65. The maximum atomic E-state index is 4.73. The summed E-state index contributed by atoms with van der Waals surface area (Å²) in [4.78, 5) is 15.9. The van der Waals surface area contributed by atoms with E-state index in [4.69, 9.17) is 4.98 Å². The number of rotatable bonds is 3. The first-order valence-electron chi connectivity index (χ1n) is 9.64. The van der Waals surface area contributed by atoms with E-state index in [2.05, 4.69) is 89.5 Å². The van der Waals surface area contributed by atoms with Gasteiger partial charge in [0.15, 0.2) is 0 Å². The van der Waals surface area contributed by atoms with Gasteiger partial charge in [0.05, 0.1) is 22.1 Å². The average Bonchev–Trinajstić information content (AvgIpc) is 3.29. The van der Waals surface area contributed by atoms with E-state index >= 15 is 0 Å². The van der Waals surface area contributed by atoms with Crippen molar-refractivity contribution >= 4 is 22.1 Å². The van der Waals surface area contributed by atoms with Gasteiger partial charge in [-0.3, -0.25) is 0 Å². The normalized spacial score (nSPS) is 11.7. The Morgan fingerprint density at radius 1 is 0.643 bits per heavy atom. The van der Waals surface area contributed by atoms with Crippen molar-refractivity contribution in [2.24, 2.45) is 0 Å². The summed E-state index contributed by atoms with van der Waals surface area (Å²) in [6, 6.07) is 21.5. The van der Waals surface area contributed by atoms with E-state index < -0.39 is 0 Å². The van der Waals surface area contributed by atoms with Crippen LogP contribution in [0.5, 0.6) is 0 Å². The molecule has 2 N–H and O–H groups in total. The van der Waals surface area contributed by atoms with Crippen molar-refractivity contribution in [1.29, 1.82) is 0 Å². The topological polar surface area (TPSA) is 57.4 Å². The number of hydrogen-bond donors (Lipinski definition) is 2. The second-order valence-corrected chi connectivity index (χ2v) is 7.64. The Labute approximate surface area is 163 Å². The quantitative estimate of drug-likeness (QED) is 0.399. The van der Waals surface area contributed by atoms with E-state index in [9.17, 15) is 0 Å². The Kier molecular flexibility index (Phi) is 3.79. The van der Waals surface area contributed by atoms with Crippen molar-refractivity contribution in [3.8, 4) is 22.3 Å². The van der Waals surface area contributed by atoms with E-state index in [1.165, 1.54) is 22.3 Å². The van der Waals surface area contributed by atoms with Crippen LogP contribution in [-0.2, 0) is 0 Å². The van der Waals surface area contributed by atoms with Crippen LogP contribution in [0.25, 0.3) is 44.3 Å². The smallest absolute Gasteiger partial charge is 0.109 e. The lowest BCUT2D eigenvalue weighted by Crippen LogP contribution is -1.88. The number of H-pyrrole nitrogens is 2. The van der Waals surface area contributed by atoms with Crippen molar-refractivity contribution in [1.82, 2.24) is 19.9 Å². The van der Waals surface area contributed by atoms with Gasteiger partial charge in [0.1, 0.15) is 11.6 Å². The Balaban J connectivity index is 1.49. The maximum Gasteiger partial charge on any atom is 0.109 e. The molecular formula is C24H22N4. The molecule has 0 amide bonds. The van der Waals surface area contributed by atoms with E-state index in [1.54, 1.807) is 0 Å². The lowest BCUT2D eigenvalue weighted by atomic mass is 10.00. The first kappa shape index (κ1) is 16.8. The molecule has 3 aromatic carbocycles. The van der Waals surface area contributed by atoms with Crippen molar-refractivity contribution in [2.45, 2.75) is 26.7 Å². The van der Waals surface area contributed by atoms with Gasteiger partial charge in [-0.15, -0.1) is 0 Å². The third-order valence-electron chi connectivity index (χ3n) is 5.20. The molecule has 0 aliphatic rings. The van der Waals surface area contributed by atoms with Crippen LogP contribution in [0.3, 0.4) is 0 Å². The number of fused-ring (bicyclic) bond motifs is 2. The molecule has 4 heteroatoms. The summed E-state index contributed by atoms with van der Waals surface area (Å²) in [6.45, 7) is 6.28. The van der Waals surface area contributed by atoms with Crippen LogP contribution in [0.4, 0.5) is 0 Å². The van der Waals surface area contributed by atoms with Gasteiger partial charge < -0.3 is 9.97 Å². The highest BCUT2D eigenvalue weighted by Crippen LogP contribution is 2.28. The zero-order chi connectivity index (χ0) is 19.3. The van der Waals surface area contributed by atoms with E-state index in [0.29, 0.717) is 5.92 Å². The number of aromatic amines is 2. The van der Waals surface area contributed by atoms with Gasteiger partial charge in [-0.1, -0.05) is 50.2 Å². The second-order valence-electron chi connectivity index (χ2n) is 7.64. The molecule has 2 aromatic heterocycles. The van der Waals surface area contributed by atoms with Crippen LogP contribution in [-0.4, -0.2) is 19.9 Å². The van der Waals surface area contributed by atoms with Crippen LogP contribution in [0, 0.1) is 6.92 Å². The number of aromatic nitrogens is 4. The average molecular weight is 366 g/mol. The monoisotopic (exact) mass is 366 g/mol. The third-order valence-corrected chi connectivity index (χ3v) is 5.20. The first-order chi connectivity index (χ1) is 13.6. The fourth-order valence-corrected chi connectivity index (χ4v) is 3.65. The minimum Gasteiger partial charge on any atom is -0.342 e. The molecule has 0 aliphatic heterocycles. The molecule has 4 nitrogen and oxygen atoms in total. The maximum absolute atomic E-state index is 4.73. The lowest BCUT2D eigenvalue weighted by Gasteiger charge is -2.05. The predicted molar refractivity (Wildman–Crippen MR) is 115 cm³/mol. The molecule has 0 spiro atoms. The SMILES string of the molecule is Cc1nc2cc(-c3ccc(-c4ccc5[nH]c(C(C)C)nc5c4)cc3)ccc2[nH]1. The molecule has 0 bridgehead atoms. The predicted octanol–water partition coefficient (Wildman–Crippen LogP) is 6.21. The summed E-state index contributed by atoms with van der Waals surface area (Å²) in [5.41, 5.74) is 8.92. The number of nitrogens with zero attached hydrogens (tertiary/aromatic N) is 2. The highest BCUT2D eigenvalue weighted by molar-refractivity contribution is 5.84. The van der Waals surface area contributed by atoms with Gasteiger partial charge in [-0.25, -0.2) is 9.97 Å². The number of imidazole rings is 2. The van der Waals surface area contributed by atoms with Crippen LogP contribution in [0.15, 0.2) is 60.7 Å². The molecule has 28 heavy (non-hydrogen) atoms. The number of hydrogen-bond acceptors (Lipinski definition) is 2. The molecule has 0 unspecified atom stereocenters. The van der Waals surface area contributed by atoms with Crippen molar-refractivity contribution < 1.29 is 0 Å². The first-order valence-corrected chi connectivity index (χ1v) is 9.64. The summed E-state index contributed by atoms with van der Waals surface area (Å²) in [6.07, 6.45) is 0. The zero-order valence-corrected chi connectivity index (χ0v) is 16.2. The highest BCUT2D eigenvalue weighted by atomic mass is 14.9. The summed E-state index contributed by atoms with van der Waals surface area (Å²) < 4.78 is 0. The van der Waals surface area contributed by atoms with Crippen molar-refractivity contribution in [3.05, 3.63) is 72.3 Å². The molecule has 2 heterocycles. The summed E-state index contributed by atoms with van der Waals surface area (Å²) in [5.74, 6) is 2.37. The Bertz CT molecular complexity index is 1290. The highest BCUT2D eigenvalue weighted by Gasteiger charge is 2.08. The molecular weight excluding hydrogens is 344 g/mol. The van der Waals surface area contributed by atoms with Crippen molar-refractivity contribution in [2.75, 3.05) is 0 Å². The van der Waals surface area contributed by atoms with Gasteiger partial charge in [0, 0.05) is 5.92 Å². The molecule has 0 saturated heterocycles. The van der Waals surface area contributed by atoms with Gasteiger partial charge in [0.2, 0.25) is 0 Å². The zero-order valence-electron chi connectivity index (χ0n) is 16.2. The molecule has 0 atom stereocenters. The van der Waals surface area contributed by atoms with Crippen LogP contribution < -0.4 is 0 Å². The van der Waals surface area contributed by atoms with E-state index in [-0.39, 0.29) is 0 Å². The number of aryl methyl sites for hydroxylation is 1. The van der Waals surface area contributed by atoms with Gasteiger partial charge in [-0.05, 0) is 53.4 Å². The minimum atomic E-state index is 0.394. The Morgan fingerprint density at radius 2 is 1.14 bits per heavy atom. The second kappa shape index (κ2) is 6.34. The number of nitrogens with one attached hydrogen (secondary N) is 2. The van der Waals surface area contributed by atoms with Gasteiger partial charge in [0.25, 0.3) is 0 Å².